The third-order valence-corrected chi connectivity index (χ3v) is 3.47. The summed E-state index contributed by atoms with van der Waals surface area (Å²) in [6.45, 7) is 0.499. The first kappa shape index (κ1) is 15.6. The minimum absolute atomic E-state index is 0.311. The minimum atomic E-state index is -0.993. The predicted molar refractivity (Wildman–Crippen MR) is 81.9 cm³/mol. The van der Waals surface area contributed by atoms with Gasteiger partial charge in [-0.1, -0.05) is 36.4 Å². The van der Waals surface area contributed by atoms with Gasteiger partial charge in [0.2, 0.25) is 0 Å². The topological polar surface area (TPSA) is 72.5 Å². The highest BCUT2D eigenvalue weighted by Crippen LogP contribution is 2.15. The van der Waals surface area contributed by atoms with E-state index >= 15 is 0 Å². The van der Waals surface area contributed by atoms with E-state index in [2.05, 4.69) is 16.3 Å². The standard InChI is InChI=1S/C16H16NO3.Al/c17-15(16(18)19)10-12-6-8-14(9-7-12)20-11-13-4-2-1-3-5-13;/h2-9,15H,10-11,17H2,(H,18,19);/t15-;/m0./s1. The molecule has 0 amide bonds. The third kappa shape index (κ3) is 4.91. The molecule has 21 heavy (non-hydrogen) atoms. The van der Waals surface area contributed by atoms with E-state index in [1.165, 1.54) is 0 Å². The number of carboxylic acids is 1. The van der Waals surface area contributed by atoms with Gasteiger partial charge in [-0.2, -0.15) is 0 Å². The van der Waals surface area contributed by atoms with Crippen molar-refractivity contribution in [2.24, 2.45) is 5.73 Å². The van der Waals surface area contributed by atoms with Gasteiger partial charge in [-0.25, -0.2) is 0 Å². The number of hydrogen-bond donors (Lipinski definition) is 2. The Labute approximate surface area is 132 Å². The number of carboxylic acid groups (broad SMARTS) is 1. The Morgan fingerprint density at radius 1 is 1.10 bits per heavy atom. The molecule has 0 unspecified atom stereocenters. The molecule has 2 aromatic carbocycles. The summed E-state index contributed by atoms with van der Waals surface area (Å²) >= 11 is 2.64. The van der Waals surface area contributed by atoms with Gasteiger partial charge in [0, 0.05) is 0 Å². The molecule has 5 heteroatoms. The largest absolute Gasteiger partial charge is 0.489 e. The molecule has 0 aliphatic rings. The fourth-order valence-electron chi connectivity index (χ4n) is 1.84. The van der Waals surface area contributed by atoms with Crippen molar-refractivity contribution in [1.29, 1.82) is 0 Å². The molecule has 106 valence electrons. The van der Waals surface area contributed by atoms with E-state index in [-0.39, 0.29) is 0 Å². The Kier molecular flexibility index (Phi) is 5.40. The zero-order chi connectivity index (χ0) is 15.2. The van der Waals surface area contributed by atoms with Crippen LogP contribution in [0.5, 0.6) is 5.75 Å². The van der Waals surface area contributed by atoms with Gasteiger partial charge in [-0.15, -0.1) is 4.43 Å². The molecule has 1 atom stereocenters. The molecule has 0 saturated heterocycles. The van der Waals surface area contributed by atoms with Crippen molar-refractivity contribution in [3.63, 3.8) is 0 Å². The van der Waals surface area contributed by atoms with Gasteiger partial charge in [0.15, 0.2) is 16.3 Å². The van der Waals surface area contributed by atoms with Crippen molar-refractivity contribution >= 4 is 26.7 Å². The maximum Gasteiger partial charge on any atom is 0.320 e. The van der Waals surface area contributed by atoms with Crippen LogP contribution in [0.25, 0.3) is 0 Å². The van der Waals surface area contributed by atoms with Crippen molar-refractivity contribution in [2.45, 2.75) is 19.1 Å². The molecular weight excluding hydrogens is 281 g/mol. The summed E-state index contributed by atoms with van der Waals surface area (Å²) in [5.41, 5.74) is 7.48. The van der Waals surface area contributed by atoms with Gasteiger partial charge in [0.1, 0.15) is 18.4 Å². The average Bonchev–Trinajstić information content (AvgIpc) is 2.48. The lowest BCUT2D eigenvalue weighted by Gasteiger charge is -2.09. The maximum absolute atomic E-state index is 10.7. The number of carbonyl (C=O) groups is 1. The van der Waals surface area contributed by atoms with E-state index in [0.717, 1.165) is 21.3 Å². The van der Waals surface area contributed by atoms with E-state index < -0.39 is 12.0 Å². The van der Waals surface area contributed by atoms with Crippen LogP contribution < -0.4 is 14.9 Å². The van der Waals surface area contributed by atoms with Crippen LogP contribution in [0.4, 0.5) is 0 Å². The molecule has 2 radical (unpaired) electrons. The molecule has 2 rings (SSSR count). The zero-order valence-corrected chi connectivity index (χ0v) is 12.7. The summed E-state index contributed by atoms with van der Waals surface area (Å²) in [6, 6.07) is 14.5. The quantitative estimate of drug-likeness (QED) is 0.781. The van der Waals surface area contributed by atoms with Gasteiger partial charge in [0.05, 0.1) is 0 Å². The van der Waals surface area contributed by atoms with E-state index in [4.69, 9.17) is 15.6 Å². The van der Waals surface area contributed by atoms with Crippen LogP contribution >= 0.6 is 0 Å². The number of nitrogens with two attached hydrogens (primary N) is 1. The second-order valence-corrected chi connectivity index (χ2v) is 5.49. The molecule has 3 N–H and O–H groups in total. The van der Waals surface area contributed by atoms with E-state index in [1.807, 2.05) is 48.5 Å². The van der Waals surface area contributed by atoms with Gasteiger partial charge in [0.25, 0.3) is 0 Å². The van der Waals surface area contributed by atoms with Gasteiger partial charge < -0.3 is 15.6 Å². The van der Waals surface area contributed by atoms with Crippen LogP contribution in [0.15, 0.2) is 48.5 Å². The van der Waals surface area contributed by atoms with Crippen molar-refractivity contribution in [2.75, 3.05) is 0 Å². The molecule has 0 aliphatic heterocycles. The highest BCUT2D eigenvalue weighted by molar-refractivity contribution is 6.32. The SMILES string of the molecule is N[C@@H](Cc1ccc(OCc2cc[c]([Al])cc2)cc1)C(=O)O. The summed E-state index contributed by atoms with van der Waals surface area (Å²) in [5.74, 6) is -0.245. The van der Waals surface area contributed by atoms with Crippen LogP contribution in [-0.4, -0.2) is 33.4 Å². The second kappa shape index (κ2) is 7.28. The summed E-state index contributed by atoms with van der Waals surface area (Å²) in [6.07, 6.45) is 0.311. The summed E-state index contributed by atoms with van der Waals surface area (Å²) in [7, 11) is 0. The van der Waals surface area contributed by atoms with Crippen molar-refractivity contribution < 1.29 is 14.6 Å². The molecule has 0 spiro atoms. The zero-order valence-electron chi connectivity index (χ0n) is 11.5. The number of benzene rings is 2. The van der Waals surface area contributed by atoms with Crippen LogP contribution in [0.2, 0.25) is 0 Å². The lowest BCUT2D eigenvalue weighted by molar-refractivity contribution is -0.138. The minimum Gasteiger partial charge on any atom is -0.489 e. The molecule has 0 aliphatic carbocycles. The first-order valence-electron chi connectivity index (χ1n) is 6.59. The molecular formula is C16H16AlNO3. The van der Waals surface area contributed by atoms with Gasteiger partial charge >= 0.3 is 5.97 Å². The predicted octanol–water partition coefficient (Wildman–Crippen LogP) is 1.01. The number of rotatable bonds is 6. The fourth-order valence-corrected chi connectivity index (χ4v) is 2.04. The molecule has 0 heterocycles. The second-order valence-electron chi connectivity index (χ2n) is 4.82. The Balaban J connectivity index is 1.90. The Morgan fingerprint density at radius 2 is 1.67 bits per heavy atom. The number of ether oxygens (including phenoxy) is 1. The highest BCUT2D eigenvalue weighted by atomic mass is 27.0. The van der Waals surface area contributed by atoms with E-state index in [0.29, 0.717) is 13.0 Å². The Bertz CT molecular complexity index is 596. The molecule has 4 nitrogen and oxygen atoms in total. The Morgan fingerprint density at radius 3 is 2.24 bits per heavy atom. The third-order valence-electron chi connectivity index (χ3n) is 3.08. The number of hydrogen-bond acceptors (Lipinski definition) is 3. The lowest BCUT2D eigenvalue weighted by atomic mass is 10.1. The average molecular weight is 297 g/mol. The van der Waals surface area contributed by atoms with Crippen LogP contribution in [0.3, 0.4) is 0 Å². The normalized spacial score (nSPS) is 11.9. The van der Waals surface area contributed by atoms with Crippen LogP contribution in [0.1, 0.15) is 11.1 Å². The summed E-state index contributed by atoms with van der Waals surface area (Å²) in [4.78, 5) is 10.7. The summed E-state index contributed by atoms with van der Waals surface area (Å²) in [5, 5.41) is 8.78. The van der Waals surface area contributed by atoms with Gasteiger partial charge in [-0.3, -0.25) is 4.79 Å². The van der Waals surface area contributed by atoms with Crippen molar-refractivity contribution in [3.05, 3.63) is 59.7 Å². The van der Waals surface area contributed by atoms with E-state index in [9.17, 15) is 4.79 Å². The van der Waals surface area contributed by atoms with Crippen LogP contribution in [0, 0.1) is 0 Å². The van der Waals surface area contributed by atoms with Gasteiger partial charge in [-0.05, 0) is 29.7 Å². The molecule has 0 bridgehead atoms. The first-order chi connectivity index (χ1) is 10.0. The van der Waals surface area contributed by atoms with E-state index in [1.54, 1.807) is 0 Å². The maximum atomic E-state index is 10.7. The molecule has 0 aromatic heterocycles. The monoisotopic (exact) mass is 297 g/mol. The molecule has 0 saturated carbocycles. The smallest absolute Gasteiger partial charge is 0.320 e. The molecule has 0 fully saturated rings. The number of aliphatic carboxylic acids is 1. The van der Waals surface area contributed by atoms with Crippen molar-refractivity contribution in [3.8, 4) is 5.75 Å². The Hall–Kier alpha value is -1.80. The van der Waals surface area contributed by atoms with Crippen LogP contribution in [-0.2, 0) is 17.8 Å². The molecule has 2 aromatic rings. The summed E-state index contributed by atoms with van der Waals surface area (Å²) < 4.78 is 6.82. The lowest BCUT2D eigenvalue weighted by Crippen LogP contribution is -2.32. The highest BCUT2D eigenvalue weighted by Gasteiger charge is 2.11. The van der Waals surface area contributed by atoms with Crippen molar-refractivity contribution in [1.82, 2.24) is 0 Å². The fraction of sp³-hybridized carbons (Fsp3) is 0.188. The first-order valence-corrected chi connectivity index (χ1v) is 7.17.